The fraction of sp³-hybridized carbons (Fsp3) is 0.424. The van der Waals surface area contributed by atoms with E-state index >= 15 is 14.4 Å². The molecule has 21 N–H and O–H groups in total. The van der Waals surface area contributed by atoms with Crippen molar-refractivity contribution in [3.8, 4) is 57.1 Å². The molecule has 0 aromatic heterocycles. The normalized spacial score (nSPS) is 29.4. The van der Waals surface area contributed by atoms with Gasteiger partial charge in [-0.25, -0.2) is 4.79 Å². The van der Waals surface area contributed by atoms with Gasteiger partial charge in [0.25, 0.3) is 0 Å². The maximum Gasteiger partial charge on any atom is 0.330 e. The van der Waals surface area contributed by atoms with Crippen molar-refractivity contribution in [3.63, 3.8) is 0 Å². The van der Waals surface area contributed by atoms with Crippen LogP contribution in [0.3, 0.4) is 0 Å². The lowest BCUT2D eigenvalue weighted by Gasteiger charge is -2.48. The maximum absolute atomic E-state index is 16.0. The summed E-state index contributed by atoms with van der Waals surface area (Å²) in [5, 5.41) is 131. The topological polar surface area (TPSA) is 530 Å². The average Bonchev–Trinajstić information content (AvgIpc) is 0.770. The molecular weight excluding hydrogens is 1370 g/mol. The number of carboxylic acids is 1. The molecule has 7 aliphatic rings. The molecule has 33 nitrogen and oxygen atoms in total. The van der Waals surface area contributed by atoms with Gasteiger partial charge >= 0.3 is 5.97 Å². The van der Waals surface area contributed by atoms with Gasteiger partial charge in [0.2, 0.25) is 59.2 Å². The zero-order valence-corrected chi connectivity index (χ0v) is 55.9. The highest BCUT2D eigenvalue weighted by Gasteiger charge is 2.54. The number of fused-ring (bicyclic) bond motifs is 15. The average molecular weight is 1450 g/mol. The van der Waals surface area contributed by atoms with Crippen molar-refractivity contribution in [2.45, 2.75) is 156 Å². The minimum atomic E-state index is -2.78. The predicted molar refractivity (Wildman–Crippen MR) is 349 cm³/mol. The first-order chi connectivity index (χ1) is 47.6. The molecule has 11 bridgehead atoms. The molecule has 17 atom stereocenters. The number of phenols is 3. The van der Waals surface area contributed by atoms with Crippen LogP contribution < -0.4 is 62.9 Å². The van der Waals surface area contributed by atoms with Crippen molar-refractivity contribution in [3.05, 3.63) is 117 Å². The Morgan fingerprint density at radius 3 is 1.89 bits per heavy atom. The zero-order chi connectivity index (χ0) is 73.6. The van der Waals surface area contributed by atoms with Crippen LogP contribution in [0, 0.1) is 5.92 Å². The summed E-state index contributed by atoms with van der Waals surface area (Å²) in [5.41, 5.74) is 7.97. The SMILES string of the molecule is CN[C@H](CC(C)C)C(=O)N[C@H]1C(=O)N[C@@H](CC(N)=O)C(=O)N[C@H]2C(=O)N[C@H]3C(=O)N[C@H](C(=O)N[C@H](C(=O)O)c4cc(O)cc(O)c4-c4cc3ccc4O)[C@H](O)c3ccc(c(Cl)c3)Oc3cc2cc(c3OC2CC(O)(OC3CC(C)(N)C(O)C(C)O3)C(O)C(CO)O2)Oc2ccc(cc2Cl)[C@H]1O. The molecule has 7 amide bonds. The highest BCUT2D eigenvalue weighted by Crippen LogP contribution is 2.50. The Hall–Kier alpha value is -9.20. The number of primary amides is 1. The number of nitrogens with one attached hydrogen (secondary N) is 7. The van der Waals surface area contributed by atoms with Crippen LogP contribution in [0.15, 0.2) is 78.9 Å². The predicted octanol–water partition coefficient (Wildman–Crippen LogP) is 0.455. The summed E-state index contributed by atoms with van der Waals surface area (Å²) in [6.07, 6.45) is -15.7. The number of phenolic OH excluding ortho intramolecular Hbond substituents is 3. The van der Waals surface area contributed by atoms with Gasteiger partial charge in [-0.15, -0.1) is 0 Å². The summed E-state index contributed by atoms with van der Waals surface area (Å²) in [6.45, 7) is 5.60. The van der Waals surface area contributed by atoms with E-state index in [-0.39, 0.29) is 52.0 Å². The number of aliphatic hydroxyl groups is 6. The van der Waals surface area contributed by atoms with E-state index in [0.29, 0.717) is 0 Å². The van der Waals surface area contributed by atoms with Crippen LogP contribution in [0.1, 0.15) is 112 Å². The lowest BCUT2D eigenvalue weighted by Crippen LogP contribution is -2.65. The molecule has 8 unspecified atom stereocenters. The Morgan fingerprint density at radius 2 is 1.31 bits per heavy atom. The van der Waals surface area contributed by atoms with E-state index in [4.69, 9.17) is 63.1 Å². The molecule has 2 saturated heterocycles. The molecule has 12 rings (SSSR count). The first-order valence-electron chi connectivity index (χ1n) is 31.6. The first-order valence-corrected chi connectivity index (χ1v) is 32.4. The number of amides is 7. The van der Waals surface area contributed by atoms with E-state index in [2.05, 4.69) is 37.2 Å². The second kappa shape index (κ2) is 29.8. The highest BCUT2D eigenvalue weighted by atomic mass is 35.5. The third-order valence-corrected chi connectivity index (χ3v) is 18.4. The number of halogens is 2. The second-order valence-corrected chi connectivity index (χ2v) is 26.6. The largest absolute Gasteiger partial charge is 0.508 e. The molecule has 0 aliphatic carbocycles. The van der Waals surface area contributed by atoms with Gasteiger partial charge in [0.1, 0.15) is 83.4 Å². The highest BCUT2D eigenvalue weighted by molar-refractivity contribution is 6.32. The molecule has 0 saturated carbocycles. The number of ether oxygens (including phenoxy) is 6. The standard InChI is InChI=1S/C66H75Cl2N9O24/c1-24(2)12-35(71-5)58(87)76-51-53(83)27-7-10-39(33(67)14-27)97-41-16-29-17-42(55(41)100-45-22-66(95,57(86)43(23-78)99-45)101-46-21-65(4,70)56(85)25(3)96-46)98-40-11-8-28(15-34(40)68)54(84)52-63(92)75-50(64(93)94)32-18-30(79)19-38(81)47(32)31-13-26(6-9-37(31)80)48(60(89)77-52)74-61(90)49(29)73-59(88)36(20-44(69)82)72-62(51)91/h6-11,13-19,24-25,35-36,43,45-46,48-54,56-57,71,78-81,83-86,95H,12,20-23,70H2,1-5H3,(H2,69,82)(H,72,91)(H,73,88)(H,74,90)(H,75,92)(H,76,87)(H,77,89)(H,93,94)/t25?,35-,36+,43?,45?,46?,48-,49-,50+,51-,52+,53-,54-,56?,57?,65?,66?/m1/s1. The number of carboxylic acid groups (broad SMARTS) is 1. The lowest BCUT2D eigenvalue weighted by atomic mass is 9.86. The molecule has 101 heavy (non-hydrogen) atoms. The Balaban J connectivity index is 1.22. The third kappa shape index (κ3) is 15.8. The van der Waals surface area contributed by atoms with E-state index < -0.39 is 231 Å². The maximum atomic E-state index is 16.0. The number of benzene rings is 5. The van der Waals surface area contributed by atoms with E-state index in [9.17, 15) is 75.0 Å². The summed E-state index contributed by atoms with van der Waals surface area (Å²) in [7, 11) is 1.47. The van der Waals surface area contributed by atoms with E-state index in [1.807, 2.05) is 13.8 Å². The van der Waals surface area contributed by atoms with Crippen molar-refractivity contribution in [1.82, 2.24) is 37.2 Å². The minimum Gasteiger partial charge on any atom is -0.508 e. The van der Waals surface area contributed by atoms with Crippen molar-refractivity contribution in [2.75, 3.05) is 13.7 Å². The molecular formula is C66H75Cl2N9O24. The fourth-order valence-electron chi connectivity index (χ4n) is 12.6. The number of aliphatic hydroxyl groups excluding tert-OH is 5. The fourth-order valence-corrected chi connectivity index (χ4v) is 13.0. The van der Waals surface area contributed by atoms with E-state index in [0.717, 1.165) is 66.7 Å². The van der Waals surface area contributed by atoms with Crippen LogP contribution in [-0.2, 0) is 52.6 Å². The van der Waals surface area contributed by atoms with Gasteiger partial charge in [0.05, 0.1) is 47.7 Å². The van der Waals surface area contributed by atoms with Crippen molar-refractivity contribution >= 4 is 70.5 Å². The van der Waals surface area contributed by atoms with Crippen molar-refractivity contribution in [2.24, 2.45) is 17.4 Å². The summed E-state index contributed by atoms with van der Waals surface area (Å²) >= 11 is 14.1. The first kappa shape index (κ1) is 74.5. The van der Waals surface area contributed by atoms with Crippen molar-refractivity contribution < 1.29 is 118 Å². The van der Waals surface area contributed by atoms with Crippen LogP contribution >= 0.6 is 23.2 Å². The number of likely N-dealkylation sites (N-methyl/N-ethyl adjacent to an activating group) is 1. The van der Waals surface area contributed by atoms with Crippen molar-refractivity contribution in [1.29, 1.82) is 0 Å². The molecule has 0 radical (unpaired) electrons. The number of carbonyl (C=O) groups excluding carboxylic acids is 7. The summed E-state index contributed by atoms with van der Waals surface area (Å²) < 4.78 is 37.7. The Kier molecular flexibility index (Phi) is 22.0. The van der Waals surface area contributed by atoms with E-state index in [1.54, 1.807) is 0 Å². The Labute approximate surface area is 584 Å². The minimum absolute atomic E-state index is 0.0952. The van der Waals surface area contributed by atoms with Gasteiger partial charge in [0.15, 0.2) is 23.8 Å². The molecule has 5 aromatic carbocycles. The Bertz CT molecular complexity index is 4090. The molecule has 7 heterocycles. The lowest BCUT2D eigenvalue weighted by molar-refractivity contribution is -0.393. The third-order valence-electron chi connectivity index (χ3n) is 17.8. The van der Waals surface area contributed by atoms with Crippen LogP contribution in [0.4, 0.5) is 0 Å². The number of hydrogen-bond acceptors (Lipinski definition) is 25. The smallest absolute Gasteiger partial charge is 0.330 e. The number of aromatic hydroxyl groups is 3. The number of carbonyl (C=O) groups is 8. The molecule has 2 fully saturated rings. The quantitative estimate of drug-likeness (QED) is 0.0712. The summed E-state index contributed by atoms with van der Waals surface area (Å²) in [4.78, 5) is 117. The monoisotopic (exact) mass is 1450 g/mol. The van der Waals surface area contributed by atoms with E-state index in [1.165, 1.54) is 33.0 Å². The molecule has 35 heteroatoms. The zero-order valence-electron chi connectivity index (χ0n) is 54.4. The number of nitrogens with two attached hydrogens (primary N) is 2. The summed E-state index contributed by atoms with van der Waals surface area (Å²) in [5.74, 6) is -18.6. The number of hydrogen-bond donors (Lipinski definition) is 19. The van der Waals surface area contributed by atoms with Gasteiger partial charge in [-0.2, -0.15) is 0 Å². The van der Waals surface area contributed by atoms with Crippen LogP contribution in [0.25, 0.3) is 11.1 Å². The molecule has 542 valence electrons. The Morgan fingerprint density at radius 1 is 0.703 bits per heavy atom. The summed E-state index contributed by atoms with van der Waals surface area (Å²) in [6, 6.07) is -0.592. The van der Waals surface area contributed by atoms with Crippen LogP contribution in [-0.4, -0.2) is 185 Å². The van der Waals surface area contributed by atoms with Gasteiger partial charge in [0, 0.05) is 34.7 Å². The molecule has 7 aliphatic heterocycles. The molecule has 5 aromatic rings. The van der Waals surface area contributed by atoms with Gasteiger partial charge in [-0.3, -0.25) is 33.6 Å². The van der Waals surface area contributed by atoms with Gasteiger partial charge < -0.3 is 128 Å². The van der Waals surface area contributed by atoms with Crippen LogP contribution in [0.5, 0.6) is 46.0 Å². The molecule has 0 spiro atoms. The van der Waals surface area contributed by atoms with Gasteiger partial charge in [-0.1, -0.05) is 55.2 Å². The van der Waals surface area contributed by atoms with Gasteiger partial charge in [-0.05, 0) is 110 Å². The number of aliphatic carboxylic acids is 1. The number of rotatable bonds is 13. The van der Waals surface area contributed by atoms with Crippen LogP contribution in [0.2, 0.25) is 10.0 Å². The second-order valence-electron chi connectivity index (χ2n) is 25.8.